The van der Waals surface area contributed by atoms with Crippen LogP contribution in [0.25, 0.3) is 22.0 Å². The van der Waals surface area contributed by atoms with E-state index in [0.717, 1.165) is 58.4 Å². The average molecular weight is 395 g/mol. The Hall–Kier alpha value is -3.64. The van der Waals surface area contributed by atoms with Crippen molar-refractivity contribution >= 4 is 10.8 Å². The summed E-state index contributed by atoms with van der Waals surface area (Å²) in [4.78, 5) is 4.50. The van der Waals surface area contributed by atoms with Crippen molar-refractivity contribution in [3.8, 4) is 28.8 Å². The number of fused-ring (bicyclic) bond motifs is 1. The molecule has 4 rings (SSSR count). The molecular formula is C27H22FNO. The van der Waals surface area contributed by atoms with E-state index in [0.29, 0.717) is 0 Å². The Morgan fingerprint density at radius 3 is 2.33 bits per heavy atom. The van der Waals surface area contributed by atoms with Gasteiger partial charge in [-0.2, -0.15) is 0 Å². The van der Waals surface area contributed by atoms with Gasteiger partial charge in [-0.15, -0.1) is 0 Å². The van der Waals surface area contributed by atoms with Crippen LogP contribution >= 0.6 is 0 Å². The number of benzene rings is 3. The Labute approximate surface area is 176 Å². The molecule has 0 saturated carbocycles. The van der Waals surface area contributed by atoms with Crippen LogP contribution in [-0.2, 0) is 0 Å². The van der Waals surface area contributed by atoms with Crippen LogP contribution in [0.1, 0.15) is 30.9 Å². The molecule has 2 nitrogen and oxygen atoms in total. The SMILES string of the molecule is CCCCOc1ccc(-c2ccc(C#Cc3ccc4cc(F)ccc4c3)cc2)nc1. The minimum atomic E-state index is -0.227. The zero-order chi connectivity index (χ0) is 20.8. The van der Waals surface area contributed by atoms with Crippen molar-refractivity contribution in [2.24, 2.45) is 0 Å². The zero-order valence-electron chi connectivity index (χ0n) is 16.9. The van der Waals surface area contributed by atoms with Crippen LogP contribution in [0.2, 0.25) is 0 Å². The second-order valence-corrected chi connectivity index (χ2v) is 7.11. The Kier molecular flexibility index (Phi) is 6.06. The Balaban J connectivity index is 1.46. The van der Waals surface area contributed by atoms with Gasteiger partial charge < -0.3 is 4.74 Å². The van der Waals surface area contributed by atoms with Crippen LogP contribution in [0.15, 0.2) is 79.0 Å². The third-order valence-corrected chi connectivity index (χ3v) is 4.84. The van der Waals surface area contributed by atoms with Gasteiger partial charge in [0.1, 0.15) is 11.6 Å². The van der Waals surface area contributed by atoms with Crippen molar-refractivity contribution < 1.29 is 9.13 Å². The molecule has 0 bridgehead atoms. The number of rotatable bonds is 5. The molecule has 0 aliphatic rings. The van der Waals surface area contributed by atoms with Crippen molar-refractivity contribution in [3.05, 3.63) is 95.9 Å². The number of hydrogen-bond donors (Lipinski definition) is 0. The minimum Gasteiger partial charge on any atom is -0.492 e. The maximum absolute atomic E-state index is 13.3. The number of halogens is 1. The third kappa shape index (κ3) is 4.85. The van der Waals surface area contributed by atoms with Crippen LogP contribution in [0.4, 0.5) is 4.39 Å². The molecule has 0 radical (unpaired) electrons. The van der Waals surface area contributed by atoms with Crippen molar-refractivity contribution in [1.82, 2.24) is 4.98 Å². The second-order valence-electron chi connectivity index (χ2n) is 7.11. The van der Waals surface area contributed by atoms with Gasteiger partial charge in [-0.1, -0.05) is 49.5 Å². The number of pyridine rings is 1. The monoisotopic (exact) mass is 395 g/mol. The molecule has 3 heteroatoms. The largest absolute Gasteiger partial charge is 0.492 e. The first-order valence-corrected chi connectivity index (χ1v) is 10.1. The molecule has 0 aliphatic carbocycles. The molecule has 3 aromatic carbocycles. The maximum Gasteiger partial charge on any atom is 0.137 e. The smallest absolute Gasteiger partial charge is 0.137 e. The lowest BCUT2D eigenvalue weighted by molar-refractivity contribution is 0.308. The Morgan fingerprint density at radius 2 is 1.57 bits per heavy atom. The highest BCUT2D eigenvalue weighted by Crippen LogP contribution is 2.20. The number of ether oxygens (including phenoxy) is 1. The van der Waals surface area contributed by atoms with Crippen molar-refractivity contribution in [1.29, 1.82) is 0 Å². The molecule has 0 fully saturated rings. The summed E-state index contributed by atoms with van der Waals surface area (Å²) in [5.74, 6) is 6.94. The van der Waals surface area contributed by atoms with Gasteiger partial charge in [-0.25, -0.2) is 4.39 Å². The van der Waals surface area contributed by atoms with E-state index in [9.17, 15) is 4.39 Å². The molecular weight excluding hydrogens is 373 g/mol. The van der Waals surface area contributed by atoms with Gasteiger partial charge >= 0.3 is 0 Å². The van der Waals surface area contributed by atoms with Crippen molar-refractivity contribution in [2.45, 2.75) is 19.8 Å². The van der Waals surface area contributed by atoms with Gasteiger partial charge in [0, 0.05) is 16.7 Å². The van der Waals surface area contributed by atoms with E-state index < -0.39 is 0 Å². The molecule has 0 saturated heterocycles. The molecule has 4 aromatic rings. The predicted molar refractivity (Wildman–Crippen MR) is 120 cm³/mol. The Bertz CT molecular complexity index is 1200. The maximum atomic E-state index is 13.3. The second kappa shape index (κ2) is 9.24. The molecule has 0 unspecified atom stereocenters. The zero-order valence-corrected chi connectivity index (χ0v) is 16.9. The van der Waals surface area contributed by atoms with Crippen LogP contribution in [0.3, 0.4) is 0 Å². The summed E-state index contributed by atoms with van der Waals surface area (Å²) in [5.41, 5.74) is 3.77. The first kappa shape index (κ1) is 19.7. The van der Waals surface area contributed by atoms with E-state index in [1.807, 2.05) is 54.6 Å². The summed E-state index contributed by atoms with van der Waals surface area (Å²) in [5, 5.41) is 1.85. The molecule has 0 spiro atoms. The highest BCUT2D eigenvalue weighted by atomic mass is 19.1. The Morgan fingerprint density at radius 1 is 0.833 bits per heavy atom. The van der Waals surface area contributed by atoms with E-state index in [1.54, 1.807) is 12.3 Å². The van der Waals surface area contributed by atoms with E-state index in [-0.39, 0.29) is 5.82 Å². The van der Waals surface area contributed by atoms with Gasteiger partial charge in [0.2, 0.25) is 0 Å². The fourth-order valence-corrected chi connectivity index (χ4v) is 3.13. The fraction of sp³-hybridized carbons (Fsp3) is 0.148. The average Bonchev–Trinajstić information content (AvgIpc) is 2.79. The molecule has 148 valence electrons. The van der Waals surface area contributed by atoms with Gasteiger partial charge in [-0.3, -0.25) is 4.98 Å². The van der Waals surface area contributed by atoms with Gasteiger partial charge in [-0.05, 0) is 65.7 Å². The molecule has 0 N–H and O–H groups in total. The molecule has 30 heavy (non-hydrogen) atoms. The summed E-state index contributed by atoms with van der Waals surface area (Å²) in [6.07, 6.45) is 3.92. The normalized spacial score (nSPS) is 10.5. The molecule has 0 aliphatic heterocycles. The molecule has 0 amide bonds. The third-order valence-electron chi connectivity index (χ3n) is 4.84. The van der Waals surface area contributed by atoms with Gasteiger partial charge in [0.05, 0.1) is 18.5 Å². The summed E-state index contributed by atoms with van der Waals surface area (Å²) in [6, 6.07) is 22.5. The summed E-state index contributed by atoms with van der Waals surface area (Å²) in [7, 11) is 0. The standard InChI is InChI=1S/C27H22FNO/c1-2-3-16-30-26-14-15-27(29-19-26)22-9-6-20(7-10-22)4-5-21-8-11-24-18-25(28)13-12-23(24)17-21/h6-15,17-19H,2-3,16H2,1H3. The summed E-state index contributed by atoms with van der Waals surface area (Å²) < 4.78 is 19.0. The number of nitrogens with zero attached hydrogens (tertiary/aromatic N) is 1. The topological polar surface area (TPSA) is 22.1 Å². The molecule has 0 atom stereocenters. The van der Waals surface area contributed by atoms with Crippen molar-refractivity contribution in [2.75, 3.05) is 6.61 Å². The lowest BCUT2D eigenvalue weighted by Gasteiger charge is -2.06. The number of unbranched alkanes of at least 4 members (excludes halogenated alkanes) is 1. The first-order valence-electron chi connectivity index (χ1n) is 10.1. The molecule has 1 aromatic heterocycles. The van der Waals surface area contributed by atoms with Gasteiger partial charge in [0.25, 0.3) is 0 Å². The summed E-state index contributed by atoms with van der Waals surface area (Å²) >= 11 is 0. The van der Waals surface area contributed by atoms with E-state index >= 15 is 0 Å². The van der Waals surface area contributed by atoms with Crippen LogP contribution < -0.4 is 4.74 Å². The lowest BCUT2D eigenvalue weighted by Crippen LogP contribution is -1.96. The minimum absolute atomic E-state index is 0.227. The van der Waals surface area contributed by atoms with Crippen molar-refractivity contribution in [3.63, 3.8) is 0 Å². The quantitative estimate of drug-likeness (QED) is 0.280. The van der Waals surface area contributed by atoms with E-state index in [4.69, 9.17) is 4.74 Å². The number of hydrogen-bond acceptors (Lipinski definition) is 2. The fourth-order valence-electron chi connectivity index (χ4n) is 3.13. The molecule has 1 heterocycles. The van der Waals surface area contributed by atoms with E-state index in [2.05, 4.69) is 23.7 Å². The predicted octanol–water partition coefficient (Wildman–Crippen LogP) is 6.62. The lowest BCUT2D eigenvalue weighted by atomic mass is 10.1. The van der Waals surface area contributed by atoms with Crippen LogP contribution in [-0.4, -0.2) is 11.6 Å². The van der Waals surface area contributed by atoms with Gasteiger partial charge in [0.15, 0.2) is 0 Å². The van der Waals surface area contributed by atoms with Crippen LogP contribution in [0, 0.1) is 17.7 Å². The summed E-state index contributed by atoms with van der Waals surface area (Å²) in [6.45, 7) is 2.86. The first-order chi connectivity index (χ1) is 14.7. The van der Waals surface area contributed by atoms with E-state index in [1.165, 1.54) is 12.1 Å². The highest BCUT2D eigenvalue weighted by Gasteiger charge is 2.01. The number of aromatic nitrogens is 1. The van der Waals surface area contributed by atoms with Crippen LogP contribution in [0.5, 0.6) is 5.75 Å². The highest BCUT2D eigenvalue weighted by molar-refractivity contribution is 5.84.